The number of pyridine rings is 1. The number of nitrogens with zero attached hydrogens (tertiary/aromatic N) is 2. The number of hydrogen-bond acceptors (Lipinski definition) is 6. The van der Waals surface area contributed by atoms with Crippen LogP contribution in [0.2, 0.25) is 5.02 Å². The molecule has 0 spiro atoms. The molecule has 3 aromatic rings. The summed E-state index contributed by atoms with van der Waals surface area (Å²) in [7, 11) is -4.47. The molecule has 35 heavy (non-hydrogen) atoms. The molecule has 2 N–H and O–H groups in total. The molecule has 0 bridgehead atoms. The first-order chi connectivity index (χ1) is 16.3. The van der Waals surface area contributed by atoms with Crippen LogP contribution in [0.4, 0.5) is 23.2 Å². The summed E-state index contributed by atoms with van der Waals surface area (Å²) in [5, 5.41) is 22.4. The third kappa shape index (κ3) is 5.76. The Kier molecular flexibility index (Phi) is 7.16. The number of aliphatic hydroxyl groups is 1. The van der Waals surface area contributed by atoms with Crippen LogP contribution in [0.15, 0.2) is 65.7 Å². The molecular weight excluding hydrogens is 514 g/mol. The number of aromatic nitrogens is 1. The number of amides is 1. The number of carbonyl (C=O) groups is 1. The second kappa shape index (κ2) is 9.61. The van der Waals surface area contributed by atoms with Gasteiger partial charge in [-0.15, -0.1) is 0 Å². The van der Waals surface area contributed by atoms with Crippen LogP contribution in [0.1, 0.15) is 16.8 Å². The maximum absolute atomic E-state index is 13.2. The number of benzene rings is 2. The van der Waals surface area contributed by atoms with E-state index in [-0.39, 0.29) is 16.3 Å². The maximum Gasteiger partial charge on any atom is 0.433 e. The van der Waals surface area contributed by atoms with E-state index in [4.69, 9.17) is 16.9 Å². The van der Waals surface area contributed by atoms with E-state index in [1.54, 1.807) is 6.07 Å². The van der Waals surface area contributed by atoms with Crippen molar-refractivity contribution in [1.29, 1.82) is 5.26 Å². The van der Waals surface area contributed by atoms with Gasteiger partial charge < -0.3 is 10.4 Å². The molecule has 1 unspecified atom stereocenters. The highest BCUT2D eigenvalue weighted by atomic mass is 35.5. The lowest BCUT2D eigenvalue weighted by molar-refractivity contribution is -0.141. The summed E-state index contributed by atoms with van der Waals surface area (Å²) < 4.78 is 77.9. The van der Waals surface area contributed by atoms with Gasteiger partial charge in [-0.3, -0.25) is 9.78 Å². The fraction of sp³-hybridized carbons (Fsp3) is 0.136. The van der Waals surface area contributed by atoms with Gasteiger partial charge in [0.1, 0.15) is 17.6 Å². The molecule has 0 saturated heterocycles. The van der Waals surface area contributed by atoms with Gasteiger partial charge in [0.15, 0.2) is 15.4 Å². The molecule has 182 valence electrons. The summed E-state index contributed by atoms with van der Waals surface area (Å²) >= 11 is 5.92. The highest BCUT2D eigenvalue weighted by molar-refractivity contribution is 7.91. The number of sulfone groups is 1. The Hall–Kier alpha value is -3.53. The van der Waals surface area contributed by atoms with E-state index < -0.39 is 55.2 Å². The minimum absolute atomic E-state index is 0.0310. The van der Waals surface area contributed by atoms with Gasteiger partial charge in [-0.05, 0) is 48.5 Å². The SMILES string of the molecule is N#Cc1ccc(NC(=O)C(O)(CS(=O)(=O)c2ccc(F)cc2)c2ccc(C(F)(F)F)nc2)cc1Cl. The zero-order chi connectivity index (χ0) is 26.0. The summed E-state index contributed by atoms with van der Waals surface area (Å²) in [5.41, 5.74) is -4.76. The van der Waals surface area contributed by atoms with Gasteiger partial charge in [-0.2, -0.15) is 18.4 Å². The number of nitriles is 1. The molecule has 3 rings (SSSR count). The number of rotatable bonds is 6. The second-order valence-corrected chi connectivity index (χ2v) is 9.66. The Morgan fingerprint density at radius 1 is 1.11 bits per heavy atom. The molecule has 7 nitrogen and oxygen atoms in total. The van der Waals surface area contributed by atoms with Crippen molar-refractivity contribution in [2.45, 2.75) is 16.7 Å². The quantitative estimate of drug-likeness (QED) is 0.368. The van der Waals surface area contributed by atoms with Gasteiger partial charge in [-0.1, -0.05) is 17.7 Å². The number of nitrogens with one attached hydrogen (secondary N) is 1. The molecule has 1 heterocycles. The van der Waals surface area contributed by atoms with Crippen LogP contribution >= 0.6 is 11.6 Å². The number of alkyl halides is 3. The van der Waals surface area contributed by atoms with Crippen molar-refractivity contribution in [2.24, 2.45) is 0 Å². The van der Waals surface area contributed by atoms with Crippen LogP contribution in [0.25, 0.3) is 0 Å². The topological polar surface area (TPSA) is 120 Å². The van der Waals surface area contributed by atoms with Crippen LogP contribution in [0, 0.1) is 17.1 Å². The fourth-order valence-electron chi connectivity index (χ4n) is 3.00. The lowest BCUT2D eigenvalue weighted by Crippen LogP contribution is -2.46. The number of carbonyl (C=O) groups excluding carboxylic acids is 1. The van der Waals surface area contributed by atoms with E-state index >= 15 is 0 Å². The van der Waals surface area contributed by atoms with Crippen LogP contribution < -0.4 is 5.32 Å². The predicted molar refractivity (Wildman–Crippen MR) is 116 cm³/mol. The molecule has 0 aliphatic heterocycles. The van der Waals surface area contributed by atoms with E-state index in [2.05, 4.69) is 10.3 Å². The van der Waals surface area contributed by atoms with Crippen molar-refractivity contribution in [1.82, 2.24) is 4.98 Å². The zero-order valence-electron chi connectivity index (χ0n) is 17.3. The molecule has 0 fully saturated rings. The molecular formula is C22H14ClF4N3O4S. The van der Waals surface area contributed by atoms with Crippen LogP contribution in [-0.2, 0) is 26.4 Å². The summed E-state index contributed by atoms with van der Waals surface area (Å²) in [5.74, 6) is -3.37. The maximum atomic E-state index is 13.2. The first-order valence-electron chi connectivity index (χ1n) is 9.52. The van der Waals surface area contributed by atoms with E-state index in [9.17, 15) is 35.9 Å². The van der Waals surface area contributed by atoms with Crippen molar-refractivity contribution >= 4 is 33.0 Å². The standard InChI is InChI=1S/C22H14ClF4N3O4S/c23-18-9-16(5-1-13(18)10-28)30-20(31)21(32,14-2-8-19(29-11-14)22(25,26)27)12-35(33,34)17-6-3-15(24)4-7-17/h1-9,11,32H,12H2,(H,30,31). The first-order valence-corrected chi connectivity index (χ1v) is 11.5. The third-order valence-corrected chi connectivity index (χ3v) is 6.93. The molecule has 1 atom stereocenters. The first kappa shape index (κ1) is 26.1. The Labute approximate surface area is 201 Å². The van der Waals surface area contributed by atoms with Crippen molar-refractivity contribution in [3.8, 4) is 6.07 Å². The molecule has 0 aliphatic carbocycles. The van der Waals surface area contributed by atoms with E-state index in [1.807, 2.05) is 0 Å². The minimum Gasteiger partial charge on any atom is -0.374 e. The van der Waals surface area contributed by atoms with Gasteiger partial charge in [-0.25, -0.2) is 12.8 Å². The van der Waals surface area contributed by atoms with Crippen LogP contribution in [-0.4, -0.2) is 30.2 Å². The van der Waals surface area contributed by atoms with E-state index in [0.29, 0.717) is 12.3 Å². The molecule has 13 heteroatoms. The lowest BCUT2D eigenvalue weighted by atomic mass is 9.96. The average Bonchev–Trinajstić information content (AvgIpc) is 2.78. The minimum atomic E-state index is -4.82. The number of anilines is 1. The summed E-state index contributed by atoms with van der Waals surface area (Å²) in [6, 6.07) is 10.2. The predicted octanol–water partition coefficient (Wildman–Crippen LogP) is 4.06. The molecule has 0 saturated carbocycles. The largest absolute Gasteiger partial charge is 0.433 e. The Bertz CT molecular complexity index is 1410. The summed E-state index contributed by atoms with van der Waals surface area (Å²) in [6.45, 7) is 0. The van der Waals surface area contributed by atoms with Gasteiger partial charge in [0, 0.05) is 17.4 Å². The Morgan fingerprint density at radius 3 is 2.29 bits per heavy atom. The molecule has 0 aliphatic rings. The van der Waals surface area contributed by atoms with E-state index in [0.717, 1.165) is 36.4 Å². The lowest BCUT2D eigenvalue weighted by Gasteiger charge is -2.27. The fourth-order valence-corrected chi connectivity index (χ4v) is 4.79. The number of halogens is 5. The summed E-state index contributed by atoms with van der Waals surface area (Å²) in [4.78, 5) is 15.9. The Balaban J connectivity index is 2.05. The van der Waals surface area contributed by atoms with Gasteiger partial charge in [0.2, 0.25) is 0 Å². The smallest absolute Gasteiger partial charge is 0.374 e. The zero-order valence-corrected chi connectivity index (χ0v) is 18.9. The number of hydrogen-bond donors (Lipinski definition) is 2. The second-order valence-electron chi connectivity index (χ2n) is 7.26. The molecule has 0 radical (unpaired) electrons. The van der Waals surface area contributed by atoms with Gasteiger partial charge in [0.25, 0.3) is 5.91 Å². The average molecular weight is 528 g/mol. The third-order valence-electron chi connectivity index (χ3n) is 4.83. The molecule has 1 aromatic heterocycles. The van der Waals surface area contributed by atoms with Gasteiger partial charge in [0.05, 0.1) is 21.2 Å². The monoisotopic (exact) mass is 527 g/mol. The highest BCUT2D eigenvalue weighted by Gasteiger charge is 2.44. The normalized spacial score (nSPS) is 13.5. The molecule has 2 aromatic carbocycles. The van der Waals surface area contributed by atoms with Gasteiger partial charge >= 0.3 is 6.18 Å². The van der Waals surface area contributed by atoms with Crippen LogP contribution in [0.5, 0.6) is 0 Å². The van der Waals surface area contributed by atoms with Crippen molar-refractivity contribution in [2.75, 3.05) is 11.1 Å². The van der Waals surface area contributed by atoms with Crippen LogP contribution in [0.3, 0.4) is 0 Å². The Morgan fingerprint density at radius 2 is 1.77 bits per heavy atom. The van der Waals surface area contributed by atoms with Crippen molar-refractivity contribution < 1.29 is 35.9 Å². The van der Waals surface area contributed by atoms with Crippen molar-refractivity contribution in [3.05, 3.63) is 88.5 Å². The van der Waals surface area contributed by atoms with Crippen molar-refractivity contribution in [3.63, 3.8) is 0 Å². The summed E-state index contributed by atoms with van der Waals surface area (Å²) in [6.07, 6.45) is -4.29. The van der Waals surface area contributed by atoms with E-state index in [1.165, 1.54) is 12.1 Å². The molecule has 1 amide bonds. The highest BCUT2D eigenvalue weighted by Crippen LogP contribution is 2.32.